The standard InChI is InChI=1S/C6H11NO2S/c8-2-1-7-4-5(10)3-6(7)9/h5,8,10H,1-4H2. The molecule has 0 radical (unpaired) electrons. The highest BCUT2D eigenvalue weighted by Gasteiger charge is 2.25. The average Bonchev–Trinajstić information content (AvgIpc) is 2.13. The third kappa shape index (κ3) is 1.64. The number of aliphatic hydroxyl groups excluding tert-OH is 1. The number of β-amino-alcohol motifs (C(OH)–C–C–N with tert-alkyl or cyclic N) is 1. The number of aliphatic hydroxyl groups is 1. The van der Waals surface area contributed by atoms with E-state index in [1.807, 2.05) is 0 Å². The van der Waals surface area contributed by atoms with Crippen molar-refractivity contribution >= 4 is 18.5 Å². The first-order valence-corrected chi connectivity index (χ1v) is 3.82. The van der Waals surface area contributed by atoms with E-state index in [1.54, 1.807) is 4.90 Å². The second-order valence-electron chi connectivity index (χ2n) is 2.42. The van der Waals surface area contributed by atoms with Gasteiger partial charge in [-0.25, -0.2) is 0 Å². The van der Waals surface area contributed by atoms with Gasteiger partial charge >= 0.3 is 0 Å². The predicted octanol–water partition coefficient (Wildman–Crippen LogP) is -0.491. The number of rotatable bonds is 2. The summed E-state index contributed by atoms with van der Waals surface area (Å²) in [6.07, 6.45) is 0.517. The van der Waals surface area contributed by atoms with Crippen LogP contribution in [0.3, 0.4) is 0 Å². The molecule has 1 amide bonds. The number of carbonyl (C=O) groups is 1. The van der Waals surface area contributed by atoms with Crippen molar-refractivity contribution < 1.29 is 9.90 Å². The first-order chi connectivity index (χ1) is 4.74. The highest BCUT2D eigenvalue weighted by molar-refractivity contribution is 7.81. The summed E-state index contributed by atoms with van der Waals surface area (Å²) in [6.45, 7) is 1.19. The zero-order valence-electron chi connectivity index (χ0n) is 5.66. The summed E-state index contributed by atoms with van der Waals surface area (Å²) in [6, 6.07) is 0. The maximum absolute atomic E-state index is 10.9. The molecule has 0 bridgehead atoms. The van der Waals surface area contributed by atoms with E-state index < -0.39 is 0 Å². The Morgan fingerprint density at radius 2 is 2.50 bits per heavy atom. The lowest BCUT2D eigenvalue weighted by Gasteiger charge is -2.12. The SMILES string of the molecule is O=C1CC(S)CN1CCO. The Bertz CT molecular complexity index is 140. The highest BCUT2D eigenvalue weighted by Crippen LogP contribution is 2.14. The lowest BCUT2D eigenvalue weighted by Crippen LogP contribution is -2.28. The van der Waals surface area contributed by atoms with Crippen LogP contribution in [0.25, 0.3) is 0 Å². The monoisotopic (exact) mass is 161 g/mol. The highest BCUT2D eigenvalue weighted by atomic mass is 32.1. The van der Waals surface area contributed by atoms with Crippen LogP contribution in [0.5, 0.6) is 0 Å². The van der Waals surface area contributed by atoms with Crippen molar-refractivity contribution in [3.8, 4) is 0 Å². The molecule has 1 aliphatic heterocycles. The van der Waals surface area contributed by atoms with Gasteiger partial charge in [-0.05, 0) is 0 Å². The first-order valence-electron chi connectivity index (χ1n) is 3.30. The van der Waals surface area contributed by atoms with Crippen molar-refractivity contribution in [1.29, 1.82) is 0 Å². The summed E-state index contributed by atoms with van der Waals surface area (Å²) in [5, 5.41) is 8.68. The quantitative estimate of drug-likeness (QED) is 0.536. The Labute approximate surface area is 65.4 Å². The predicted molar refractivity (Wildman–Crippen MR) is 41.1 cm³/mol. The molecule has 1 N–H and O–H groups in total. The van der Waals surface area contributed by atoms with Gasteiger partial charge in [0.15, 0.2) is 0 Å². The summed E-state index contributed by atoms with van der Waals surface area (Å²) in [7, 11) is 0. The number of likely N-dealkylation sites (tertiary alicyclic amines) is 1. The fourth-order valence-corrected chi connectivity index (χ4v) is 1.44. The Kier molecular flexibility index (Phi) is 2.56. The second kappa shape index (κ2) is 3.25. The maximum Gasteiger partial charge on any atom is 0.223 e. The number of thiol groups is 1. The minimum atomic E-state index is 0.0479. The van der Waals surface area contributed by atoms with Gasteiger partial charge in [0.1, 0.15) is 0 Å². The molecular weight excluding hydrogens is 150 g/mol. The molecule has 3 nitrogen and oxygen atoms in total. The van der Waals surface area contributed by atoms with E-state index in [0.717, 1.165) is 0 Å². The van der Waals surface area contributed by atoms with Crippen LogP contribution < -0.4 is 0 Å². The molecule has 0 aliphatic carbocycles. The molecule has 0 saturated carbocycles. The molecule has 1 atom stereocenters. The van der Waals surface area contributed by atoms with E-state index in [1.165, 1.54) is 0 Å². The molecule has 0 aromatic rings. The summed E-state index contributed by atoms with van der Waals surface area (Å²) < 4.78 is 0. The number of hydrogen-bond donors (Lipinski definition) is 2. The number of amides is 1. The van der Waals surface area contributed by atoms with Crippen molar-refractivity contribution in [3.05, 3.63) is 0 Å². The molecule has 4 heteroatoms. The number of carbonyl (C=O) groups excluding carboxylic acids is 1. The molecule has 1 heterocycles. The van der Waals surface area contributed by atoms with Gasteiger partial charge in [-0.15, -0.1) is 0 Å². The minimum absolute atomic E-state index is 0.0479. The Morgan fingerprint density at radius 1 is 1.80 bits per heavy atom. The summed E-state index contributed by atoms with van der Waals surface area (Å²) in [5.41, 5.74) is 0. The van der Waals surface area contributed by atoms with Crippen molar-refractivity contribution in [3.63, 3.8) is 0 Å². The Morgan fingerprint density at radius 3 is 2.90 bits per heavy atom. The minimum Gasteiger partial charge on any atom is -0.395 e. The van der Waals surface area contributed by atoms with Crippen LogP contribution in [0.2, 0.25) is 0 Å². The Hall–Kier alpha value is -0.220. The number of nitrogens with zero attached hydrogens (tertiary/aromatic N) is 1. The third-order valence-corrected chi connectivity index (χ3v) is 1.91. The van der Waals surface area contributed by atoms with Crippen LogP contribution in [0, 0.1) is 0 Å². The van der Waals surface area contributed by atoms with Crippen LogP contribution in [0.15, 0.2) is 0 Å². The van der Waals surface area contributed by atoms with Gasteiger partial charge in [-0.1, -0.05) is 0 Å². The van der Waals surface area contributed by atoms with Gasteiger partial charge in [0.25, 0.3) is 0 Å². The Balaban J connectivity index is 2.39. The fraction of sp³-hybridized carbons (Fsp3) is 0.833. The van der Waals surface area contributed by atoms with Crippen LogP contribution in [-0.2, 0) is 4.79 Å². The number of hydrogen-bond acceptors (Lipinski definition) is 3. The molecule has 1 aliphatic rings. The van der Waals surface area contributed by atoms with E-state index in [-0.39, 0.29) is 17.8 Å². The molecule has 10 heavy (non-hydrogen) atoms. The summed E-state index contributed by atoms with van der Waals surface area (Å²) in [4.78, 5) is 12.6. The zero-order valence-corrected chi connectivity index (χ0v) is 6.55. The molecule has 58 valence electrons. The smallest absolute Gasteiger partial charge is 0.223 e. The normalized spacial score (nSPS) is 26.0. The second-order valence-corrected chi connectivity index (χ2v) is 3.15. The van der Waals surface area contributed by atoms with Crippen LogP contribution in [-0.4, -0.2) is 40.9 Å². The molecule has 1 unspecified atom stereocenters. The van der Waals surface area contributed by atoms with Gasteiger partial charge in [-0.3, -0.25) is 4.79 Å². The van der Waals surface area contributed by atoms with E-state index in [0.29, 0.717) is 19.5 Å². The van der Waals surface area contributed by atoms with Crippen molar-refractivity contribution in [2.45, 2.75) is 11.7 Å². The van der Waals surface area contributed by atoms with Gasteiger partial charge < -0.3 is 10.0 Å². The lowest BCUT2D eigenvalue weighted by molar-refractivity contribution is -0.128. The maximum atomic E-state index is 10.9. The molecule has 1 rings (SSSR count). The van der Waals surface area contributed by atoms with Gasteiger partial charge in [0.2, 0.25) is 5.91 Å². The molecule has 1 fully saturated rings. The molecule has 1 saturated heterocycles. The molecule has 0 aromatic carbocycles. The largest absolute Gasteiger partial charge is 0.395 e. The topological polar surface area (TPSA) is 40.5 Å². The van der Waals surface area contributed by atoms with Crippen molar-refractivity contribution in [1.82, 2.24) is 4.90 Å². The molecule has 0 aromatic heterocycles. The van der Waals surface area contributed by atoms with Gasteiger partial charge in [-0.2, -0.15) is 12.6 Å². The first kappa shape index (κ1) is 7.88. The lowest BCUT2D eigenvalue weighted by atomic mass is 10.4. The van der Waals surface area contributed by atoms with Gasteiger partial charge in [0.05, 0.1) is 6.61 Å². The summed E-state index contributed by atoms with van der Waals surface area (Å²) in [5.74, 6) is 0.106. The van der Waals surface area contributed by atoms with E-state index >= 15 is 0 Å². The van der Waals surface area contributed by atoms with Crippen LogP contribution in [0.4, 0.5) is 0 Å². The van der Waals surface area contributed by atoms with E-state index in [4.69, 9.17) is 5.11 Å². The molecular formula is C6H11NO2S. The van der Waals surface area contributed by atoms with Crippen molar-refractivity contribution in [2.24, 2.45) is 0 Å². The zero-order chi connectivity index (χ0) is 7.56. The van der Waals surface area contributed by atoms with Crippen LogP contribution >= 0.6 is 12.6 Å². The average molecular weight is 161 g/mol. The third-order valence-electron chi connectivity index (χ3n) is 1.56. The molecule has 0 spiro atoms. The van der Waals surface area contributed by atoms with E-state index in [2.05, 4.69) is 12.6 Å². The summed E-state index contributed by atoms with van der Waals surface area (Å²) >= 11 is 4.16. The van der Waals surface area contributed by atoms with Crippen molar-refractivity contribution in [2.75, 3.05) is 19.7 Å². The fourth-order valence-electron chi connectivity index (χ4n) is 1.09. The van der Waals surface area contributed by atoms with Crippen LogP contribution in [0.1, 0.15) is 6.42 Å². The van der Waals surface area contributed by atoms with E-state index in [9.17, 15) is 4.79 Å². The van der Waals surface area contributed by atoms with Gasteiger partial charge in [0, 0.05) is 24.8 Å².